The lowest BCUT2D eigenvalue weighted by molar-refractivity contribution is -0.143. The summed E-state index contributed by atoms with van der Waals surface area (Å²) in [6.07, 6.45) is -3.81. The van der Waals surface area contributed by atoms with Crippen molar-refractivity contribution >= 4 is 12.0 Å². The minimum atomic E-state index is -4.61. The van der Waals surface area contributed by atoms with Crippen LogP contribution in [0.5, 0.6) is 0 Å². The molecule has 2 rings (SSSR count). The number of aliphatic carboxylic acids is 1. The molecule has 1 aliphatic rings. The van der Waals surface area contributed by atoms with E-state index < -0.39 is 29.4 Å². The molecular formula is C10H8F3N3O3. The Morgan fingerprint density at radius 2 is 2.11 bits per heavy atom. The molecule has 19 heavy (non-hydrogen) atoms. The molecule has 1 aromatic rings. The summed E-state index contributed by atoms with van der Waals surface area (Å²) < 4.78 is 37.1. The van der Waals surface area contributed by atoms with Crippen LogP contribution in [-0.2, 0) is 16.5 Å². The normalized spacial score (nSPS) is 22.8. The molecule has 1 saturated heterocycles. The summed E-state index contributed by atoms with van der Waals surface area (Å²) in [5, 5.41) is 13.6. The Kier molecular flexibility index (Phi) is 2.84. The van der Waals surface area contributed by atoms with Gasteiger partial charge in [0.1, 0.15) is 5.69 Å². The number of nitrogens with zero attached hydrogens (tertiary/aromatic N) is 1. The van der Waals surface area contributed by atoms with Gasteiger partial charge in [-0.1, -0.05) is 6.07 Å². The van der Waals surface area contributed by atoms with Crippen LogP contribution in [0.25, 0.3) is 0 Å². The molecule has 1 aromatic heterocycles. The lowest BCUT2D eigenvalue weighted by Gasteiger charge is -2.23. The number of aromatic nitrogens is 1. The van der Waals surface area contributed by atoms with Gasteiger partial charge in [-0.15, -0.1) is 0 Å². The van der Waals surface area contributed by atoms with E-state index in [1.165, 1.54) is 0 Å². The van der Waals surface area contributed by atoms with E-state index >= 15 is 0 Å². The molecule has 6 nitrogen and oxygen atoms in total. The number of alkyl halides is 3. The Balaban J connectivity index is 2.40. The first-order valence-electron chi connectivity index (χ1n) is 5.09. The molecule has 9 heteroatoms. The van der Waals surface area contributed by atoms with Gasteiger partial charge in [0, 0.05) is 11.8 Å². The molecule has 2 amide bonds. The predicted octanol–water partition coefficient (Wildman–Crippen LogP) is 0.693. The monoisotopic (exact) mass is 275 g/mol. The Bertz CT molecular complexity index is 529. The van der Waals surface area contributed by atoms with Crippen LogP contribution in [0.1, 0.15) is 11.3 Å². The summed E-state index contributed by atoms with van der Waals surface area (Å²) in [5.41, 5.74) is -2.96. The molecule has 1 aliphatic heterocycles. The highest BCUT2D eigenvalue weighted by molar-refractivity contribution is 5.91. The number of pyridine rings is 1. The Hall–Kier alpha value is -2.32. The van der Waals surface area contributed by atoms with Crippen molar-refractivity contribution in [2.45, 2.75) is 11.7 Å². The molecule has 0 spiro atoms. The zero-order valence-electron chi connectivity index (χ0n) is 9.28. The quantitative estimate of drug-likeness (QED) is 0.740. The van der Waals surface area contributed by atoms with Gasteiger partial charge in [-0.2, -0.15) is 13.2 Å². The number of urea groups is 1. The van der Waals surface area contributed by atoms with Crippen molar-refractivity contribution in [1.29, 1.82) is 0 Å². The van der Waals surface area contributed by atoms with E-state index in [1.54, 1.807) is 0 Å². The summed E-state index contributed by atoms with van der Waals surface area (Å²) in [6, 6.07) is 0.948. The summed E-state index contributed by atoms with van der Waals surface area (Å²) >= 11 is 0. The molecule has 0 aliphatic carbocycles. The van der Waals surface area contributed by atoms with Gasteiger partial charge in [-0.25, -0.2) is 9.59 Å². The lowest BCUT2D eigenvalue weighted by atomic mass is 9.92. The number of carbonyl (C=O) groups excluding carboxylic acids is 1. The van der Waals surface area contributed by atoms with Crippen LogP contribution >= 0.6 is 0 Å². The fraction of sp³-hybridized carbons (Fsp3) is 0.300. The number of carboxylic acid groups (broad SMARTS) is 1. The number of amides is 2. The van der Waals surface area contributed by atoms with Crippen molar-refractivity contribution in [2.75, 3.05) is 6.54 Å². The van der Waals surface area contributed by atoms with E-state index in [2.05, 4.69) is 15.6 Å². The van der Waals surface area contributed by atoms with Crippen molar-refractivity contribution < 1.29 is 27.9 Å². The Morgan fingerprint density at radius 1 is 1.42 bits per heavy atom. The Morgan fingerprint density at radius 3 is 2.47 bits per heavy atom. The minimum absolute atomic E-state index is 0.0358. The summed E-state index contributed by atoms with van der Waals surface area (Å²) in [5.74, 6) is -1.38. The van der Waals surface area contributed by atoms with Gasteiger partial charge in [0.2, 0.25) is 0 Å². The van der Waals surface area contributed by atoms with E-state index in [-0.39, 0.29) is 12.1 Å². The fourth-order valence-corrected chi connectivity index (χ4v) is 1.74. The maximum Gasteiger partial charge on any atom is 0.433 e. The number of halogens is 3. The average molecular weight is 275 g/mol. The second-order valence-corrected chi connectivity index (χ2v) is 3.95. The van der Waals surface area contributed by atoms with E-state index in [1.807, 2.05) is 0 Å². The third kappa shape index (κ3) is 2.18. The highest BCUT2D eigenvalue weighted by atomic mass is 19.4. The van der Waals surface area contributed by atoms with Gasteiger partial charge in [0.05, 0.1) is 6.54 Å². The van der Waals surface area contributed by atoms with Crippen LogP contribution in [0.2, 0.25) is 0 Å². The largest absolute Gasteiger partial charge is 0.479 e. The topological polar surface area (TPSA) is 91.3 Å². The molecular weight excluding hydrogens is 267 g/mol. The lowest BCUT2D eigenvalue weighted by Crippen LogP contribution is -2.48. The van der Waals surface area contributed by atoms with Crippen molar-refractivity contribution in [3.05, 3.63) is 29.6 Å². The van der Waals surface area contributed by atoms with Crippen LogP contribution in [0.15, 0.2) is 18.3 Å². The predicted molar refractivity (Wildman–Crippen MR) is 55.1 cm³/mol. The summed E-state index contributed by atoms with van der Waals surface area (Å²) in [4.78, 5) is 25.5. The molecule has 0 radical (unpaired) electrons. The number of hydrogen-bond donors (Lipinski definition) is 3. The number of carbonyl (C=O) groups is 2. The molecule has 0 saturated carbocycles. The second-order valence-electron chi connectivity index (χ2n) is 3.95. The molecule has 1 unspecified atom stereocenters. The molecule has 1 fully saturated rings. The second kappa shape index (κ2) is 4.11. The first kappa shape index (κ1) is 13.1. The fourth-order valence-electron chi connectivity index (χ4n) is 1.74. The maximum absolute atomic E-state index is 12.4. The zero-order chi connectivity index (χ0) is 14.3. The van der Waals surface area contributed by atoms with Crippen LogP contribution in [0.4, 0.5) is 18.0 Å². The van der Waals surface area contributed by atoms with Crippen LogP contribution < -0.4 is 10.6 Å². The molecule has 0 aromatic carbocycles. The number of carboxylic acids is 1. The van der Waals surface area contributed by atoms with Gasteiger partial charge in [-0.05, 0) is 6.07 Å². The van der Waals surface area contributed by atoms with Crippen LogP contribution in [0, 0.1) is 0 Å². The number of hydrogen-bond acceptors (Lipinski definition) is 3. The standard InChI is InChI=1S/C10H8F3N3O3/c11-10(12,13)6-2-1-5(3-14-6)9(7(17)18)4-15-8(19)16-9/h1-3H,4H2,(H,17,18)(H2,15,16,19). The average Bonchev–Trinajstić information content (AvgIpc) is 2.72. The van der Waals surface area contributed by atoms with E-state index in [4.69, 9.17) is 5.11 Å². The highest BCUT2D eigenvalue weighted by Gasteiger charge is 2.47. The summed E-state index contributed by atoms with van der Waals surface area (Å²) in [7, 11) is 0. The smallest absolute Gasteiger partial charge is 0.433 e. The van der Waals surface area contributed by atoms with Crippen LogP contribution in [0.3, 0.4) is 0 Å². The Labute approximate surface area is 104 Å². The first-order valence-corrected chi connectivity index (χ1v) is 5.09. The van der Waals surface area contributed by atoms with Gasteiger partial charge < -0.3 is 15.7 Å². The van der Waals surface area contributed by atoms with Crippen LogP contribution in [-0.4, -0.2) is 28.6 Å². The molecule has 2 heterocycles. The third-order valence-corrected chi connectivity index (χ3v) is 2.75. The SMILES string of the molecule is O=C1NCC(C(=O)O)(c2ccc(C(F)(F)F)nc2)N1. The molecule has 1 atom stereocenters. The summed E-state index contributed by atoms with van der Waals surface area (Å²) in [6.45, 7) is -0.270. The minimum Gasteiger partial charge on any atom is -0.479 e. The van der Waals surface area contributed by atoms with Gasteiger partial charge >= 0.3 is 18.2 Å². The van der Waals surface area contributed by atoms with Crippen molar-refractivity contribution in [1.82, 2.24) is 15.6 Å². The number of rotatable bonds is 2. The maximum atomic E-state index is 12.4. The molecule has 102 valence electrons. The highest BCUT2D eigenvalue weighted by Crippen LogP contribution is 2.29. The number of nitrogens with one attached hydrogen (secondary N) is 2. The van der Waals surface area contributed by atoms with Crippen molar-refractivity contribution in [2.24, 2.45) is 0 Å². The van der Waals surface area contributed by atoms with Crippen molar-refractivity contribution in [3.63, 3.8) is 0 Å². The molecule has 3 N–H and O–H groups in total. The van der Waals surface area contributed by atoms with Gasteiger partial charge in [-0.3, -0.25) is 4.98 Å². The van der Waals surface area contributed by atoms with Crippen molar-refractivity contribution in [3.8, 4) is 0 Å². The molecule has 0 bridgehead atoms. The zero-order valence-corrected chi connectivity index (χ0v) is 9.28. The van der Waals surface area contributed by atoms with Gasteiger partial charge in [0.25, 0.3) is 0 Å². The first-order chi connectivity index (χ1) is 8.75. The van der Waals surface area contributed by atoms with E-state index in [0.29, 0.717) is 6.07 Å². The van der Waals surface area contributed by atoms with E-state index in [9.17, 15) is 22.8 Å². The van der Waals surface area contributed by atoms with Gasteiger partial charge in [0.15, 0.2) is 5.54 Å². The van der Waals surface area contributed by atoms with E-state index in [0.717, 1.165) is 12.3 Å². The third-order valence-electron chi connectivity index (χ3n) is 2.75.